The van der Waals surface area contributed by atoms with Crippen LogP contribution in [-0.4, -0.2) is 85.9 Å². The summed E-state index contributed by atoms with van der Waals surface area (Å²) in [5, 5.41) is 2.84. The fraction of sp³-hybridized carbons (Fsp3) is 0.950. The minimum absolute atomic E-state index is 0.0133. The van der Waals surface area contributed by atoms with Crippen molar-refractivity contribution in [1.29, 1.82) is 0 Å². The second kappa shape index (κ2) is 13.5. The lowest BCUT2D eigenvalue weighted by Crippen LogP contribution is -2.71. The van der Waals surface area contributed by atoms with Gasteiger partial charge in [0.25, 0.3) is 0 Å². The van der Waals surface area contributed by atoms with Crippen LogP contribution in [0.2, 0.25) is 43.8 Å². The number of carbonyl (C=O) groups is 1. The molecule has 9 nitrogen and oxygen atoms in total. The van der Waals surface area contributed by atoms with Crippen molar-refractivity contribution in [2.24, 2.45) is 0 Å². The van der Waals surface area contributed by atoms with E-state index in [1.807, 2.05) is 0 Å². The summed E-state index contributed by atoms with van der Waals surface area (Å²) in [5.41, 5.74) is 0. The number of alkyl carbamates (subject to hydrolysis) is 1. The van der Waals surface area contributed by atoms with Crippen LogP contribution >= 0.6 is 22.6 Å². The molecule has 5 atom stereocenters. The van der Waals surface area contributed by atoms with Crippen LogP contribution in [0.5, 0.6) is 0 Å². The van der Waals surface area contributed by atoms with Gasteiger partial charge in [0.15, 0.2) is 14.6 Å². The van der Waals surface area contributed by atoms with E-state index >= 15 is 0 Å². The van der Waals surface area contributed by atoms with E-state index < -0.39 is 57.0 Å². The van der Waals surface area contributed by atoms with Crippen molar-refractivity contribution in [2.45, 2.75) is 95.2 Å². The third-order valence-electron chi connectivity index (χ3n) is 6.32. The zero-order valence-corrected chi connectivity index (χ0v) is 26.2. The van der Waals surface area contributed by atoms with Gasteiger partial charge in [-0.15, -0.1) is 0 Å². The number of methoxy groups -OCH3 is 2. The van der Waals surface area contributed by atoms with Gasteiger partial charge in [-0.2, -0.15) is 0 Å². The molecule has 1 aliphatic rings. The molecule has 196 valence electrons. The average molecular weight is 639 g/mol. The van der Waals surface area contributed by atoms with Crippen LogP contribution in [0.4, 0.5) is 4.79 Å². The first-order valence-corrected chi connectivity index (χ1v) is 21.0. The fourth-order valence-electron chi connectivity index (χ4n) is 3.91. The lowest BCUT2D eigenvalue weighted by Gasteiger charge is -2.48. The van der Waals surface area contributed by atoms with E-state index in [4.69, 9.17) is 18.6 Å². The summed E-state index contributed by atoms with van der Waals surface area (Å²) in [5.74, 6) is 0.0133. The highest BCUT2D eigenvalue weighted by atomic mass is 127. The first kappa shape index (κ1) is 31.3. The van der Waals surface area contributed by atoms with Crippen LogP contribution in [-0.2, 0) is 28.7 Å². The minimum Gasteiger partial charge on any atom is -0.453 e. The first-order valence-electron chi connectivity index (χ1n) is 11.6. The lowest BCUT2D eigenvalue weighted by molar-refractivity contribution is -0.220. The number of hydrogen-bond donors (Lipinski definition) is 2. The SMILES string of the molecule is CC[Si](CC)(CC)O[C@H]1[C@@H](NC(=O)OC)[C@H](NS(=O)(=O)CC[Si](C)(C)C)[C@@H](OC)O[C@@H]1CI. The monoisotopic (exact) mass is 638 g/mol. The first-order chi connectivity index (χ1) is 15.3. The molecule has 0 radical (unpaired) electrons. The maximum absolute atomic E-state index is 13.0. The second-order valence-electron chi connectivity index (χ2n) is 9.69. The maximum atomic E-state index is 13.0. The predicted octanol–water partition coefficient (Wildman–Crippen LogP) is 3.53. The Morgan fingerprint density at radius 3 is 2.06 bits per heavy atom. The smallest absolute Gasteiger partial charge is 0.407 e. The highest BCUT2D eigenvalue weighted by Crippen LogP contribution is 2.32. The molecule has 1 fully saturated rings. The van der Waals surface area contributed by atoms with E-state index in [9.17, 15) is 13.2 Å². The maximum Gasteiger partial charge on any atom is 0.407 e. The van der Waals surface area contributed by atoms with Crippen molar-refractivity contribution in [1.82, 2.24) is 10.0 Å². The molecule has 1 aliphatic heterocycles. The Bertz CT molecular complexity index is 711. The van der Waals surface area contributed by atoms with Crippen molar-refractivity contribution in [3.63, 3.8) is 0 Å². The number of halogens is 1. The van der Waals surface area contributed by atoms with Crippen LogP contribution in [0.25, 0.3) is 0 Å². The Hall–Kier alpha value is 0.224. The Morgan fingerprint density at radius 1 is 1.06 bits per heavy atom. The van der Waals surface area contributed by atoms with Crippen molar-refractivity contribution < 1.29 is 31.8 Å². The zero-order chi connectivity index (χ0) is 25.4. The van der Waals surface area contributed by atoms with Crippen molar-refractivity contribution in [3.8, 4) is 0 Å². The van der Waals surface area contributed by atoms with Gasteiger partial charge in [0.1, 0.15) is 0 Å². The molecule has 1 amide bonds. The number of amides is 1. The molecule has 1 saturated heterocycles. The van der Waals surface area contributed by atoms with Crippen LogP contribution in [0.3, 0.4) is 0 Å². The third-order valence-corrected chi connectivity index (χ3v) is 15.3. The minimum atomic E-state index is -3.65. The van der Waals surface area contributed by atoms with Crippen molar-refractivity contribution >= 4 is 55.1 Å². The van der Waals surface area contributed by atoms with Crippen LogP contribution in [0.1, 0.15) is 20.8 Å². The Balaban J connectivity index is 3.40. The van der Waals surface area contributed by atoms with Gasteiger partial charge in [0, 0.05) is 19.6 Å². The summed E-state index contributed by atoms with van der Waals surface area (Å²) in [7, 11) is -4.59. The Labute approximate surface area is 215 Å². The molecule has 0 saturated carbocycles. The average Bonchev–Trinajstić information content (AvgIpc) is 2.77. The molecule has 33 heavy (non-hydrogen) atoms. The highest BCUT2D eigenvalue weighted by molar-refractivity contribution is 14.1. The summed E-state index contributed by atoms with van der Waals surface area (Å²) >= 11 is 2.22. The number of carbonyl (C=O) groups excluding carboxylic acids is 1. The molecular formula is C20H43IN2O7SSi2. The van der Waals surface area contributed by atoms with Gasteiger partial charge < -0.3 is 24.0 Å². The van der Waals surface area contributed by atoms with Gasteiger partial charge in [-0.1, -0.05) is 63.0 Å². The summed E-state index contributed by atoms with van der Waals surface area (Å²) in [4.78, 5) is 12.3. The molecule has 0 spiro atoms. The predicted molar refractivity (Wildman–Crippen MR) is 145 cm³/mol. The van der Waals surface area contributed by atoms with E-state index in [1.165, 1.54) is 14.2 Å². The van der Waals surface area contributed by atoms with Crippen molar-refractivity contribution in [2.75, 3.05) is 24.4 Å². The fourth-order valence-corrected chi connectivity index (χ4v) is 11.8. The van der Waals surface area contributed by atoms with Gasteiger partial charge in [0.2, 0.25) is 10.0 Å². The molecule has 13 heteroatoms. The zero-order valence-electron chi connectivity index (χ0n) is 21.3. The summed E-state index contributed by atoms with van der Waals surface area (Å²) in [6, 6.07) is 1.79. The van der Waals surface area contributed by atoms with E-state index in [0.29, 0.717) is 10.5 Å². The standard InChI is InChI=1S/C20H43IN2O7SSi2/c1-9-33(10-2,11-3)30-18-15(14-21)29-19(27-4)17(16(18)22-20(24)28-5)23-31(25,26)12-13-32(6,7)8/h15-19,23H,9-14H2,1-8H3,(H,22,24)/t15-,16+,17+,18-,19+/m1/s1. The molecule has 2 N–H and O–H groups in total. The van der Waals surface area contributed by atoms with E-state index in [2.05, 4.69) is 73.0 Å². The van der Waals surface area contributed by atoms with Gasteiger partial charge >= 0.3 is 6.09 Å². The van der Waals surface area contributed by atoms with Crippen LogP contribution in [0, 0.1) is 0 Å². The Kier molecular flexibility index (Phi) is 12.8. The summed E-state index contributed by atoms with van der Waals surface area (Å²) < 4.78 is 52.8. The van der Waals surface area contributed by atoms with Crippen LogP contribution < -0.4 is 10.0 Å². The highest BCUT2D eigenvalue weighted by Gasteiger charge is 2.51. The molecule has 0 aromatic carbocycles. The van der Waals surface area contributed by atoms with Crippen LogP contribution in [0.15, 0.2) is 0 Å². The number of sulfonamides is 1. The molecular weight excluding hydrogens is 595 g/mol. The molecule has 0 aromatic heterocycles. The Morgan fingerprint density at radius 2 is 1.64 bits per heavy atom. The van der Waals surface area contributed by atoms with Gasteiger partial charge in [-0.05, 0) is 24.2 Å². The topological polar surface area (TPSA) is 112 Å². The molecule has 1 rings (SSSR count). The number of hydrogen-bond acceptors (Lipinski definition) is 7. The lowest BCUT2D eigenvalue weighted by atomic mass is 9.95. The number of alkyl halides is 1. The van der Waals surface area contributed by atoms with Gasteiger partial charge in [-0.25, -0.2) is 17.9 Å². The molecule has 1 heterocycles. The second-order valence-corrected chi connectivity index (χ2v) is 22.8. The largest absolute Gasteiger partial charge is 0.453 e. The van der Waals surface area contributed by atoms with Gasteiger partial charge in [-0.3, -0.25) is 0 Å². The van der Waals surface area contributed by atoms with Crippen molar-refractivity contribution in [3.05, 3.63) is 0 Å². The number of rotatable bonds is 13. The van der Waals surface area contributed by atoms with E-state index in [1.54, 1.807) is 0 Å². The summed E-state index contributed by atoms with van der Waals surface area (Å²) in [6.07, 6.45) is -2.45. The number of ether oxygens (including phenoxy) is 3. The van der Waals surface area contributed by atoms with E-state index in [0.717, 1.165) is 18.1 Å². The van der Waals surface area contributed by atoms with E-state index in [-0.39, 0.29) is 11.9 Å². The molecule has 0 bridgehead atoms. The number of nitrogens with one attached hydrogen (secondary N) is 2. The quantitative estimate of drug-likeness (QED) is 0.180. The summed E-state index contributed by atoms with van der Waals surface area (Å²) in [6.45, 7) is 12.8. The third kappa shape index (κ3) is 9.31. The molecule has 0 aliphatic carbocycles. The molecule has 0 unspecified atom stereocenters. The van der Waals surface area contributed by atoms with Gasteiger partial charge in [0.05, 0.1) is 37.2 Å². The normalized spacial score (nSPS) is 26.8. The molecule has 0 aromatic rings.